The van der Waals surface area contributed by atoms with E-state index in [-0.39, 0.29) is 5.91 Å². The van der Waals surface area contributed by atoms with Gasteiger partial charge in [-0.15, -0.1) is 0 Å². The van der Waals surface area contributed by atoms with E-state index in [9.17, 15) is 4.79 Å². The van der Waals surface area contributed by atoms with Crippen molar-refractivity contribution in [3.8, 4) is 5.75 Å². The zero-order chi connectivity index (χ0) is 17.8. The lowest BCUT2D eigenvalue weighted by Gasteiger charge is -2.09. The molecule has 5 nitrogen and oxygen atoms in total. The summed E-state index contributed by atoms with van der Waals surface area (Å²) in [5.74, 6) is 1.74. The molecule has 0 saturated heterocycles. The number of aryl methyl sites for hydroxylation is 2. The van der Waals surface area contributed by atoms with Crippen LogP contribution in [0.25, 0.3) is 11.0 Å². The van der Waals surface area contributed by atoms with Crippen molar-refractivity contribution in [1.29, 1.82) is 0 Å². The third-order valence-corrected chi connectivity index (χ3v) is 4.45. The van der Waals surface area contributed by atoms with Crippen LogP contribution in [0, 0.1) is 6.92 Å². The van der Waals surface area contributed by atoms with E-state index in [0.717, 1.165) is 34.6 Å². The molecule has 0 spiro atoms. The van der Waals surface area contributed by atoms with Gasteiger partial charge in [-0.1, -0.05) is 24.3 Å². The maximum absolute atomic E-state index is 12.1. The molecule has 0 aliphatic rings. The molecule has 0 saturated carbocycles. The number of methoxy groups -OCH3 is 1. The van der Waals surface area contributed by atoms with Gasteiger partial charge < -0.3 is 14.6 Å². The Hall–Kier alpha value is -2.82. The number of nitrogens with one attached hydrogen (secondary N) is 1. The molecule has 0 radical (unpaired) electrons. The van der Waals surface area contributed by atoms with Crippen molar-refractivity contribution in [2.24, 2.45) is 7.05 Å². The van der Waals surface area contributed by atoms with E-state index in [4.69, 9.17) is 4.74 Å². The van der Waals surface area contributed by atoms with Crippen LogP contribution in [-0.2, 0) is 24.7 Å². The molecule has 1 N–H and O–H groups in total. The average molecular weight is 337 g/mol. The molecule has 0 atom stereocenters. The molecule has 3 rings (SSSR count). The van der Waals surface area contributed by atoms with Crippen molar-refractivity contribution in [2.75, 3.05) is 13.7 Å². The van der Waals surface area contributed by atoms with Crippen molar-refractivity contribution in [2.45, 2.75) is 19.8 Å². The maximum Gasteiger partial charge on any atom is 0.224 e. The molecule has 3 aromatic rings. The van der Waals surface area contributed by atoms with E-state index in [1.165, 1.54) is 5.56 Å². The molecule has 0 unspecified atom stereocenters. The first-order valence-corrected chi connectivity index (χ1v) is 8.39. The fraction of sp³-hybridized carbons (Fsp3) is 0.300. The molecule has 0 bridgehead atoms. The molecular weight excluding hydrogens is 314 g/mol. The number of rotatable bonds is 6. The summed E-state index contributed by atoms with van der Waals surface area (Å²) < 4.78 is 7.36. The number of aromatic nitrogens is 2. The van der Waals surface area contributed by atoms with Crippen LogP contribution >= 0.6 is 0 Å². The molecule has 130 valence electrons. The summed E-state index contributed by atoms with van der Waals surface area (Å²) in [6, 6.07) is 13.9. The predicted octanol–water partition coefficient (Wildman–Crippen LogP) is 2.79. The second-order valence-corrected chi connectivity index (χ2v) is 6.13. The van der Waals surface area contributed by atoms with Crippen molar-refractivity contribution < 1.29 is 9.53 Å². The molecule has 2 aromatic carbocycles. The zero-order valence-electron chi connectivity index (χ0n) is 14.9. The molecular formula is C20H23N3O2. The molecule has 1 aromatic heterocycles. The lowest BCUT2D eigenvalue weighted by Crippen LogP contribution is -2.27. The summed E-state index contributed by atoms with van der Waals surface area (Å²) in [7, 11) is 3.63. The van der Waals surface area contributed by atoms with E-state index >= 15 is 0 Å². The highest BCUT2D eigenvalue weighted by Gasteiger charge is 2.08. The van der Waals surface area contributed by atoms with Crippen LogP contribution in [0.15, 0.2) is 42.5 Å². The van der Waals surface area contributed by atoms with Gasteiger partial charge >= 0.3 is 0 Å². The van der Waals surface area contributed by atoms with Gasteiger partial charge in [0.05, 0.1) is 24.6 Å². The monoisotopic (exact) mass is 337 g/mol. The van der Waals surface area contributed by atoms with Crippen LogP contribution in [0.2, 0.25) is 0 Å². The quantitative estimate of drug-likeness (QED) is 0.752. The van der Waals surface area contributed by atoms with E-state index in [1.54, 1.807) is 7.11 Å². The SMILES string of the molecule is COc1ccccc1CC(=O)NCCc1ccc2c(c1)nc(C)n2C. The first-order chi connectivity index (χ1) is 12.1. The summed E-state index contributed by atoms with van der Waals surface area (Å²) in [6.07, 6.45) is 1.10. The smallest absolute Gasteiger partial charge is 0.224 e. The number of para-hydroxylation sites is 1. The highest BCUT2D eigenvalue weighted by atomic mass is 16.5. The molecule has 1 amide bonds. The summed E-state index contributed by atoms with van der Waals surface area (Å²) in [5, 5.41) is 2.98. The van der Waals surface area contributed by atoms with Gasteiger partial charge in [-0.25, -0.2) is 4.98 Å². The van der Waals surface area contributed by atoms with Gasteiger partial charge in [-0.3, -0.25) is 4.79 Å². The molecule has 0 fully saturated rings. The molecule has 0 aliphatic heterocycles. The van der Waals surface area contributed by atoms with E-state index in [0.29, 0.717) is 13.0 Å². The number of ether oxygens (including phenoxy) is 1. The van der Waals surface area contributed by atoms with E-state index in [2.05, 4.69) is 33.1 Å². The van der Waals surface area contributed by atoms with Crippen molar-refractivity contribution in [3.63, 3.8) is 0 Å². The lowest BCUT2D eigenvalue weighted by molar-refractivity contribution is -0.120. The minimum absolute atomic E-state index is 0.000686. The Morgan fingerprint density at radius 2 is 2.04 bits per heavy atom. The second-order valence-electron chi connectivity index (χ2n) is 6.13. The van der Waals surface area contributed by atoms with Gasteiger partial charge in [0.2, 0.25) is 5.91 Å². The number of hydrogen-bond donors (Lipinski definition) is 1. The normalized spacial score (nSPS) is 10.8. The number of benzene rings is 2. The predicted molar refractivity (Wildman–Crippen MR) is 98.9 cm³/mol. The van der Waals surface area contributed by atoms with Crippen LogP contribution in [-0.4, -0.2) is 29.1 Å². The Morgan fingerprint density at radius 3 is 2.84 bits per heavy atom. The van der Waals surface area contributed by atoms with Gasteiger partial charge in [-0.2, -0.15) is 0 Å². The van der Waals surface area contributed by atoms with Gasteiger partial charge in [0, 0.05) is 19.2 Å². The number of carbonyl (C=O) groups excluding carboxylic acids is 1. The number of hydrogen-bond acceptors (Lipinski definition) is 3. The maximum atomic E-state index is 12.1. The van der Waals surface area contributed by atoms with Crippen LogP contribution in [0.1, 0.15) is 17.0 Å². The minimum Gasteiger partial charge on any atom is -0.496 e. The second kappa shape index (κ2) is 7.38. The Bertz CT molecular complexity index is 899. The topological polar surface area (TPSA) is 56.1 Å². The summed E-state index contributed by atoms with van der Waals surface area (Å²) in [6.45, 7) is 2.60. The largest absolute Gasteiger partial charge is 0.496 e. The first-order valence-electron chi connectivity index (χ1n) is 8.39. The molecule has 25 heavy (non-hydrogen) atoms. The number of amides is 1. The lowest BCUT2D eigenvalue weighted by atomic mass is 10.1. The summed E-state index contributed by atoms with van der Waals surface area (Å²) in [4.78, 5) is 16.7. The third-order valence-electron chi connectivity index (χ3n) is 4.45. The van der Waals surface area contributed by atoms with E-state index in [1.807, 2.05) is 38.2 Å². The first kappa shape index (κ1) is 17.0. The van der Waals surface area contributed by atoms with Gasteiger partial charge in [0.15, 0.2) is 0 Å². The zero-order valence-corrected chi connectivity index (χ0v) is 14.9. The van der Waals surface area contributed by atoms with Crippen LogP contribution in [0.3, 0.4) is 0 Å². The number of nitrogens with zero attached hydrogens (tertiary/aromatic N) is 2. The Kier molecular flexibility index (Phi) is 5.03. The fourth-order valence-corrected chi connectivity index (χ4v) is 2.95. The van der Waals surface area contributed by atoms with Gasteiger partial charge in [0.1, 0.15) is 11.6 Å². The number of imidazole rings is 1. The van der Waals surface area contributed by atoms with Crippen molar-refractivity contribution in [1.82, 2.24) is 14.9 Å². The Labute approximate surface area is 147 Å². The van der Waals surface area contributed by atoms with Crippen molar-refractivity contribution >= 4 is 16.9 Å². The van der Waals surface area contributed by atoms with Crippen LogP contribution < -0.4 is 10.1 Å². The number of fused-ring (bicyclic) bond motifs is 1. The fourth-order valence-electron chi connectivity index (χ4n) is 2.95. The summed E-state index contributed by atoms with van der Waals surface area (Å²) >= 11 is 0. The number of carbonyl (C=O) groups is 1. The molecule has 0 aliphatic carbocycles. The standard InChI is InChI=1S/C20H23N3O2/c1-14-22-17-12-15(8-9-18(17)23(14)2)10-11-21-20(24)13-16-6-4-5-7-19(16)25-3/h4-9,12H,10-11,13H2,1-3H3,(H,21,24). The minimum atomic E-state index is -0.000686. The third kappa shape index (κ3) is 3.82. The highest BCUT2D eigenvalue weighted by molar-refractivity contribution is 5.79. The van der Waals surface area contributed by atoms with Crippen LogP contribution in [0.5, 0.6) is 5.75 Å². The average Bonchev–Trinajstić information content (AvgIpc) is 2.89. The molecule has 1 heterocycles. The van der Waals surface area contributed by atoms with Crippen LogP contribution in [0.4, 0.5) is 0 Å². The van der Waals surface area contributed by atoms with Crippen molar-refractivity contribution in [3.05, 3.63) is 59.4 Å². The highest BCUT2D eigenvalue weighted by Crippen LogP contribution is 2.18. The van der Waals surface area contributed by atoms with Gasteiger partial charge in [0.25, 0.3) is 0 Å². The summed E-state index contributed by atoms with van der Waals surface area (Å²) in [5.41, 5.74) is 4.19. The van der Waals surface area contributed by atoms with Gasteiger partial charge in [-0.05, 0) is 37.1 Å². The molecule has 5 heteroatoms. The Morgan fingerprint density at radius 1 is 1.24 bits per heavy atom. The Balaban J connectivity index is 1.56. The van der Waals surface area contributed by atoms with E-state index < -0.39 is 0 Å².